The zero-order valence-corrected chi connectivity index (χ0v) is 17.1. The normalized spacial score (nSPS) is 22.5. The molecule has 1 saturated carbocycles. The molecule has 152 valence electrons. The fraction of sp³-hybridized carbons (Fsp3) is 0.591. The number of benzene rings is 1. The van der Waals surface area contributed by atoms with Gasteiger partial charge in [-0.3, -0.25) is 4.90 Å². The fourth-order valence-electron chi connectivity index (χ4n) is 4.77. The molecule has 0 spiro atoms. The Balaban J connectivity index is 1.48. The van der Waals surface area contributed by atoms with Crippen LogP contribution >= 0.6 is 0 Å². The van der Waals surface area contributed by atoms with E-state index in [2.05, 4.69) is 4.90 Å². The SMILES string of the molecule is COc1cc(-c2nc(CN3CC[C@H]4CCCC[C@@H]4C3)co2)cc(OC)c1OC. The highest BCUT2D eigenvalue weighted by Crippen LogP contribution is 2.41. The molecule has 0 unspecified atom stereocenters. The summed E-state index contributed by atoms with van der Waals surface area (Å²) in [6.07, 6.45) is 8.71. The van der Waals surface area contributed by atoms with Crippen LogP contribution in [0.3, 0.4) is 0 Å². The Labute approximate surface area is 166 Å². The van der Waals surface area contributed by atoms with Crippen LogP contribution in [0.2, 0.25) is 0 Å². The largest absolute Gasteiger partial charge is 0.493 e. The summed E-state index contributed by atoms with van der Waals surface area (Å²) in [6, 6.07) is 3.73. The van der Waals surface area contributed by atoms with E-state index in [1.54, 1.807) is 27.6 Å². The van der Waals surface area contributed by atoms with Crippen molar-refractivity contribution in [3.05, 3.63) is 24.1 Å². The Kier molecular flexibility index (Phi) is 5.76. The van der Waals surface area contributed by atoms with Crippen molar-refractivity contribution >= 4 is 0 Å². The summed E-state index contributed by atoms with van der Waals surface area (Å²) < 4.78 is 22.0. The lowest BCUT2D eigenvalue weighted by Crippen LogP contribution is -2.41. The first-order chi connectivity index (χ1) is 13.7. The molecule has 2 aliphatic rings. The van der Waals surface area contributed by atoms with Crippen LogP contribution < -0.4 is 14.2 Å². The van der Waals surface area contributed by atoms with Crippen molar-refractivity contribution < 1.29 is 18.6 Å². The third kappa shape index (κ3) is 3.83. The highest BCUT2D eigenvalue weighted by atomic mass is 16.5. The quantitative estimate of drug-likeness (QED) is 0.734. The van der Waals surface area contributed by atoms with E-state index in [1.807, 2.05) is 12.1 Å². The molecule has 1 aromatic heterocycles. The number of oxazole rings is 1. The highest BCUT2D eigenvalue weighted by molar-refractivity contribution is 5.65. The second-order valence-corrected chi connectivity index (χ2v) is 7.89. The lowest BCUT2D eigenvalue weighted by Gasteiger charge is -2.41. The molecule has 0 N–H and O–H groups in total. The van der Waals surface area contributed by atoms with Gasteiger partial charge in [-0.2, -0.15) is 0 Å². The highest BCUT2D eigenvalue weighted by Gasteiger charge is 2.31. The van der Waals surface area contributed by atoms with Crippen molar-refractivity contribution in [3.63, 3.8) is 0 Å². The molecule has 2 heterocycles. The maximum atomic E-state index is 5.78. The van der Waals surface area contributed by atoms with Crippen molar-refractivity contribution in [2.24, 2.45) is 11.8 Å². The van der Waals surface area contributed by atoms with E-state index < -0.39 is 0 Å². The molecule has 6 heteroatoms. The van der Waals surface area contributed by atoms with Crippen molar-refractivity contribution in [2.75, 3.05) is 34.4 Å². The molecular formula is C22H30N2O4. The zero-order valence-electron chi connectivity index (χ0n) is 17.1. The van der Waals surface area contributed by atoms with E-state index >= 15 is 0 Å². The summed E-state index contributed by atoms with van der Waals surface area (Å²) in [5.74, 6) is 4.13. The molecule has 2 atom stereocenters. The second-order valence-electron chi connectivity index (χ2n) is 7.89. The standard InChI is InChI=1S/C22H30N2O4/c1-25-19-10-17(11-20(26-2)21(19)27-3)22-23-18(14-28-22)13-24-9-8-15-6-4-5-7-16(15)12-24/h10-11,14-16H,4-9,12-13H2,1-3H3/t15-,16-/m1/s1. The van der Waals surface area contributed by atoms with Crippen LogP contribution in [-0.2, 0) is 6.54 Å². The Morgan fingerprint density at radius 3 is 2.39 bits per heavy atom. The lowest BCUT2D eigenvalue weighted by molar-refractivity contribution is 0.0812. The number of methoxy groups -OCH3 is 3. The number of aromatic nitrogens is 1. The summed E-state index contributed by atoms with van der Waals surface area (Å²) in [6.45, 7) is 3.20. The van der Waals surface area contributed by atoms with Gasteiger partial charge >= 0.3 is 0 Å². The van der Waals surface area contributed by atoms with Gasteiger partial charge in [-0.05, 0) is 43.4 Å². The third-order valence-corrected chi connectivity index (χ3v) is 6.22. The maximum Gasteiger partial charge on any atom is 0.226 e. The van der Waals surface area contributed by atoms with Crippen molar-refractivity contribution in [1.29, 1.82) is 0 Å². The number of hydrogen-bond donors (Lipinski definition) is 0. The molecule has 1 saturated heterocycles. The monoisotopic (exact) mass is 386 g/mol. The van der Waals surface area contributed by atoms with Crippen LogP contribution in [0.15, 0.2) is 22.8 Å². The second kappa shape index (κ2) is 8.43. The van der Waals surface area contributed by atoms with Crippen molar-refractivity contribution in [2.45, 2.75) is 38.6 Å². The van der Waals surface area contributed by atoms with E-state index in [9.17, 15) is 0 Å². The van der Waals surface area contributed by atoms with Crippen LogP contribution in [0.1, 0.15) is 37.8 Å². The smallest absolute Gasteiger partial charge is 0.226 e. The molecule has 4 rings (SSSR count). The molecule has 1 aliphatic carbocycles. The molecule has 2 aromatic rings. The molecule has 0 bridgehead atoms. The van der Waals surface area contributed by atoms with Crippen LogP contribution in [0, 0.1) is 11.8 Å². The minimum absolute atomic E-state index is 0.566. The van der Waals surface area contributed by atoms with Gasteiger partial charge in [0.2, 0.25) is 11.6 Å². The van der Waals surface area contributed by atoms with Gasteiger partial charge in [-0.25, -0.2) is 4.98 Å². The number of nitrogens with zero attached hydrogens (tertiary/aromatic N) is 2. The van der Waals surface area contributed by atoms with Gasteiger partial charge in [-0.1, -0.05) is 19.3 Å². The predicted molar refractivity (Wildman–Crippen MR) is 107 cm³/mol. The number of piperidine rings is 1. The average molecular weight is 386 g/mol. The van der Waals surface area contributed by atoms with Crippen LogP contribution in [0.4, 0.5) is 0 Å². The molecule has 6 nitrogen and oxygen atoms in total. The average Bonchev–Trinajstić information content (AvgIpc) is 3.21. The number of fused-ring (bicyclic) bond motifs is 1. The van der Waals surface area contributed by atoms with E-state index in [4.69, 9.17) is 23.6 Å². The van der Waals surface area contributed by atoms with Gasteiger partial charge < -0.3 is 18.6 Å². The lowest BCUT2D eigenvalue weighted by atomic mass is 9.75. The first-order valence-corrected chi connectivity index (χ1v) is 10.2. The number of likely N-dealkylation sites (tertiary alicyclic amines) is 1. The summed E-state index contributed by atoms with van der Waals surface area (Å²) in [5.41, 5.74) is 1.78. The minimum atomic E-state index is 0.566. The van der Waals surface area contributed by atoms with Gasteiger partial charge in [0, 0.05) is 18.7 Å². The number of hydrogen-bond acceptors (Lipinski definition) is 6. The summed E-state index contributed by atoms with van der Waals surface area (Å²) in [5, 5.41) is 0. The molecule has 1 aromatic carbocycles. The van der Waals surface area contributed by atoms with Crippen molar-refractivity contribution in [3.8, 4) is 28.7 Å². The minimum Gasteiger partial charge on any atom is -0.493 e. The van der Waals surface area contributed by atoms with Crippen LogP contribution in [-0.4, -0.2) is 44.3 Å². The Morgan fingerprint density at radius 1 is 1.00 bits per heavy atom. The molecule has 0 radical (unpaired) electrons. The van der Waals surface area contributed by atoms with E-state index in [0.717, 1.165) is 36.2 Å². The third-order valence-electron chi connectivity index (χ3n) is 6.22. The molecule has 2 fully saturated rings. The van der Waals surface area contributed by atoms with Crippen LogP contribution in [0.25, 0.3) is 11.5 Å². The van der Waals surface area contributed by atoms with Gasteiger partial charge in [-0.15, -0.1) is 0 Å². The Bertz CT molecular complexity index is 779. The van der Waals surface area contributed by atoms with Crippen LogP contribution in [0.5, 0.6) is 17.2 Å². The topological polar surface area (TPSA) is 57.0 Å². The zero-order chi connectivity index (χ0) is 19.5. The van der Waals surface area contributed by atoms with E-state index in [0.29, 0.717) is 23.1 Å². The fourth-order valence-corrected chi connectivity index (χ4v) is 4.77. The summed E-state index contributed by atoms with van der Waals surface area (Å²) in [4.78, 5) is 7.26. The van der Waals surface area contributed by atoms with E-state index in [1.165, 1.54) is 38.6 Å². The van der Waals surface area contributed by atoms with Gasteiger partial charge in [0.25, 0.3) is 0 Å². The summed E-state index contributed by atoms with van der Waals surface area (Å²) in [7, 11) is 4.81. The number of ether oxygens (including phenoxy) is 3. The Hall–Kier alpha value is -2.21. The number of rotatable bonds is 6. The van der Waals surface area contributed by atoms with E-state index in [-0.39, 0.29) is 0 Å². The van der Waals surface area contributed by atoms with Gasteiger partial charge in [0.1, 0.15) is 6.26 Å². The molecular weight excluding hydrogens is 356 g/mol. The molecule has 28 heavy (non-hydrogen) atoms. The van der Waals surface area contributed by atoms with Crippen molar-refractivity contribution in [1.82, 2.24) is 9.88 Å². The predicted octanol–water partition coefficient (Wildman–Crippen LogP) is 4.38. The Morgan fingerprint density at radius 2 is 1.71 bits per heavy atom. The first-order valence-electron chi connectivity index (χ1n) is 10.2. The molecule has 0 amide bonds. The van der Waals surface area contributed by atoms with Gasteiger partial charge in [0.05, 0.1) is 27.0 Å². The molecule has 1 aliphatic heterocycles. The van der Waals surface area contributed by atoms with Gasteiger partial charge in [0.15, 0.2) is 11.5 Å². The maximum absolute atomic E-state index is 5.78. The first kappa shape index (κ1) is 19.1. The summed E-state index contributed by atoms with van der Waals surface area (Å²) >= 11 is 0.